The third-order valence-electron chi connectivity index (χ3n) is 2.04. The highest BCUT2D eigenvalue weighted by Crippen LogP contribution is 2.22. The summed E-state index contributed by atoms with van der Waals surface area (Å²) >= 11 is 5.67. The van der Waals surface area contributed by atoms with Crippen LogP contribution in [-0.2, 0) is 9.59 Å². The Morgan fingerprint density at radius 3 is 2.59 bits per heavy atom. The number of amides is 1. The van der Waals surface area contributed by atoms with Gasteiger partial charge in [-0.3, -0.25) is 9.59 Å². The summed E-state index contributed by atoms with van der Waals surface area (Å²) in [6, 6.07) is 2.89. The number of carboxylic acids is 1. The zero-order valence-corrected chi connectivity index (χ0v) is 9.79. The fraction of sp³-hybridized carbons (Fsp3) is 0.273. The van der Waals surface area contributed by atoms with Gasteiger partial charge in [0.15, 0.2) is 0 Å². The van der Waals surface area contributed by atoms with Crippen molar-refractivity contribution in [3.05, 3.63) is 34.6 Å². The van der Waals surface area contributed by atoms with E-state index in [0.29, 0.717) is 5.56 Å². The molecule has 1 unspecified atom stereocenters. The van der Waals surface area contributed by atoms with Gasteiger partial charge in [0.1, 0.15) is 5.82 Å². The van der Waals surface area contributed by atoms with Crippen molar-refractivity contribution in [1.82, 2.24) is 5.32 Å². The first kappa shape index (κ1) is 13.4. The fourth-order valence-electron chi connectivity index (χ4n) is 1.45. The Hall–Kier alpha value is -1.62. The van der Waals surface area contributed by atoms with Gasteiger partial charge in [0.05, 0.1) is 12.5 Å². The maximum absolute atomic E-state index is 13.1. The summed E-state index contributed by atoms with van der Waals surface area (Å²) < 4.78 is 13.1. The summed E-state index contributed by atoms with van der Waals surface area (Å²) in [5.41, 5.74) is 0.326. The first-order chi connectivity index (χ1) is 7.88. The molecule has 0 aliphatic carbocycles. The van der Waals surface area contributed by atoms with Gasteiger partial charge in [-0.1, -0.05) is 11.6 Å². The first-order valence-corrected chi connectivity index (χ1v) is 5.21. The molecule has 0 aliphatic heterocycles. The van der Waals surface area contributed by atoms with E-state index < -0.39 is 23.7 Å². The highest BCUT2D eigenvalue weighted by molar-refractivity contribution is 6.30. The normalized spacial score (nSPS) is 11.9. The molecule has 6 heteroatoms. The van der Waals surface area contributed by atoms with E-state index in [0.717, 1.165) is 12.1 Å². The Bertz CT molecular complexity index is 414. The highest BCUT2D eigenvalue weighted by Gasteiger charge is 2.17. The van der Waals surface area contributed by atoms with Gasteiger partial charge in [-0.15, -0.1) is 0 Å². The molecule has 1 aromatic rings. The topological polar surface area (TPSA) is 66.4 Å². The molecule has 0 saturated carbocycles. The van der Waals surface area contributed by atoms with Crippen LogP contribution in [0.2, 0.25) is 5.02 Å². The average Bonchev–Trinajstić information content (AvgIpc) is 2.13. The minimum Gasteiger partial charge on any atom is -0.481 e. The summed E-state index contributed by atoms with van der Waals surface area (Å²) in [6.07, 6.45) is -0.334. The Kier molecular flexibility index (Phi) is 4.45. The Balaban J connectivity index is 3.02. The van der Waals surface area contributed by atoms with Gasteiger partial charge in [-0.25, -0.2) is 4.39 Å². The molecule has 4 nitrogen and oxygen atoms in total. The molecule has 1 amide bonds. The van der Waals surface area contributed by atoms with Crippen LogP contribution < -0.4 is 5.32 Å². The molecule has 0 bridgehead atoms. The van der Waals surface area contributed by atoms with Crippen molar-refractivity contribution in [3.63, 3.8) is 0 Å². The third-order valence-corrected chi connectivity index (χ3v) is 2.26. The van der Waals surface area contributed by atoms with Crippen molar-refractivity contribution >= 4 is 23.5 Å². The molecule has 17 heavy (non-hydrogen) atoms. The Morgan fingerprint density at radius 2 is 2.12 bits per heavy atom. The van der Waals surface area contributed by atoms with Crippen LogP contribution in [0.4, 0.5) is 4.39 Å². The van der Waals surface area contributed by atoms with Gasteiger partial charge in [0, 0.05) is 11.9 Å². The Labute approximate surface area is 102 Å². The lowest BCUT2D eigenvalue weighted by atomic mass is 10.0. The minimum absolute atomic E-state index is 0.153. The number of carbonyl (C=O) groups is 2. The zero-order chi connectivity index (χ0) is 13.0. The lowest BCUT2D eigenvalue weighted by Crippen LogP contribution is -2.28. The SMILES string of the molecule is CC(=O)NC(CC(=O)O)c1cc(F)cc(Cl)c1. The number of aliphatic carboxylic acids is 1. The summed E-state index contributed by atoms with van der Waals surface area (Å²) in [5.74, 6) is -2.06. The lowest BCUT2D eigenvalue weighted by molar-refractivity contribution is -0.137. The predicted octanol–water partition coefficient (Wildman–Crippen LogP) is 2.13. The number of nitrogens with one attached hydrogen (secondary N) is 1. The molecule has 0 fully saturated rings. The lowest BCUT2D eigenvalue weighted by Gasteiger charge is -2.16. The van der Waals surface area contributed by atoms with Crippen LogP contribution in [0.5, 0.6) is 0 Å². The summed E-state index contributed by atoms with van der Waals surface area (Å²) in [5, 5.41) is 11.3. The molecular formula is C11H11ClFNO3. The van der Waals surface area contributed by atoms with Gasteiger partial charge in [0.25, 0.3) is 0 Å². The van der Waals surface area contributed by atoms with Gasteiger partial charge in [-0.05, 0) is 23.8 Å². The summed E-state index contributed by atoms with van der Waals surface area (Å²) in [6.45, 7) is 1.26. The smallest absolute Gasteiger partial charge is 0.305 e. The van der Waals surface area contributed by atoms with Crippen LogP contribution in [0.3, 0.4) is 0 Å². The molecule has 2 N–H and O–H groups in total. The van der Waals surface area contributed by atoms with Crippen molar-refractivity contribution in [2.24, 2.45) is 0 Å². The molecule has 92 valence electrons. The molecule has 0 aliphatic rings. The molecule has 0 spiro atoms. The number of rotatable bonds is 4. The van der Waals surface area contributed by atoms with Gasteiger partial charge >= 0.3 is 5.97 Å². The Morgan fingerprint density at radius 1 is 1.47 bits per heavy atom. The van der Waals surface area contributed by atoms with E-state index >= 15 is 0 Å². The van der Waals surface area contributed by atoms with Crippen molar-refractivity contribution in [1.29, 1.82) is 0 Å². The van der Waals surface area contributed by atoms with Crippen LogP contribution in [-0.4, -0.2) is 17.0 Å². The molecule has 0 aromatic heterocycles. The zero-order valence-electron chi connectivity index (χ0n) is 9.04. The fourth-order valence-corrected chi connectivity index (χ4v) is 1.68. The molecule has 0 heterocycles. The van der Waals surface area contributed by atoms with Crippen LogP contribution in [0.15, 0.2) is 18.2 Å². The monoisotopic (exact) mass is 259 g/mol. The van der Waals surface area contributed by atoms with E-state index in [9.17, 15) is 14.0 Å². The van der Waals surface area contributed by atoms with E-state index in [2.05, 4.69) is 5.32 Å². The van der Waals surface area contributed by atoms with Crippen molar-refractivity contribution in [3.8, 4) is 0 Å². The number of benzene rings is 1. The molecule has 0 saturated heterocycles. The van der Waals surface area contributed by atoms with Crippen molar-refractivity contribution < 1.29 is 19.1 Å². The maximum atomic E-state index is 13.1. The second-order valence-corrected chi connectivity index (χ2v) is 3.99. The summed E-state index contributed by atoms with van der Waals surface area (Å²) in [7, 11) is 0. The van der Waals surface area contributed by atoms with E-state index in [1.165, 1.54) is 13.0 Å². The highest BCUT2D eigenvalue weighted by atomic mass is 35.5. The van der Waals surface area contributed by atoms with E-state index in [1.807, 2.05) is 0 Å². The van der Waals surface area contributed by atoms with Crippen LogP contribution in [0, 0.1) is 5.82 Å². The van der Waals surface area contributed by atoms with Gasteiger partial charge in [0.2, 0.25) is 5.91 Å². The second kappa shape index (κ2) is 5.63. The third kappa shape index (κ3) is 4.40. The van der Waals surface area contributed by atoms with Crippen LogP contribution in [0.1, 0.15) is 24.9 Å². The minimum atomic E-state index is -1.09. The largest absolute Gasteiger partial charge is 0.481 e. The van der Waals surface area contributed by atoms with Crippen molar-refractivity contribution in [2.45, 2.75) is 19.4 Å². The molecule has 0 radical (unpaired) electrons. The van der Waals surface area contributed by atoms with E-state index in [1.54, 1.807) is 0 Å². The first-order valence-electron chi connectivity index (χ1n) is 4.83. The van der Waals surface area contributed by atoms with Crippen LogP contribution in [0.25, 0.3) is 0 Å². The van der Waals surface area contributed by atoms with Gasteiger partial charge in [-0.2, -0.15) is 0 Å². The average molecular weight is 260 g/mol. The van der Waals surface area contributed by atoms with E-state index in [-0.39, 0.29) is 11.4 Å². The number of hydrogen-bond acceptors (Lipinski definition) is 2. The number of halogens is 2. The van der Waals surface area contributed by atoms with Gasteiger partial charge < -0.3 is 10.4 Å². The number of hydrogen-bond donors (Lipinski definition) is 2. The molecule has 1 rings (SSSR count). The summed E-state index contributed by atoms with van der Waals surface area (Å²) in [4.78, 5) is 21.6. The molecule has 1 atom stereocenters. The van der Waals surface area contributed by atoms with E-state index in [4.69, 9.17) is 16.7 Å². The molecule has 1 aromatic carbocycles. The standard InChI is InChI=1S/C11H11ClFNO3/c1-6(15)14-10(5-11(16)17)7-2-8(12)4-9(13)3-7/h2-4,10H,5H2,1H3,(H,14,15)(H,16,17). The second-order valence-electron chi connectivity index (χ2n) is 3.55. The number of carbonyl (C=O) groups excluding carboxylic acids is 1. The van der Waals surface area contributed by atoms with Crippen molar-refractivity contribution in [2.75, 3.05) is 0 Å². The quantitative estimate of drug-likeness (QED) is 0.870. The number of carboxylic acid groups (broad SMARTS) is 1. The molecular weight excluding hydrogens is 249 g/mol. The van der Waals surface area contributed by atoms with Crippen LogP contribution >= 0.6 is 11.6 Å². The maximum Gasteiger partial charge on any atom is 0.305 e. The predicted molar refractivity (Wildman–Crippen MR) is 60.2 cm³/mol.